The Balaban J connectivity index is 1.41. The third-order valence-electron chi connectivity index (χ3n) is 7.37. The molecule has 1 N–H and O–H groups in total. The first kappa shape index (κ1) is 14.5. The minimum absolute atomic E-state index is 0.768. The summed E-state index contributed by atoms with van der Waals surface area (Å²) in [5, 5.41) is 3.94. The van der Waals surface area contributed by atoms with E-state index in [4.69, 9.17) is 0 Å². The molecule has 0 aromatic carbocycles. The first-order valence-corrected chi connectivity index (χ1v) is 9.98. The van der Waals surface area contributed by atoms with Crippen molar-refractivity contribution >= 4 is 0 Å². The van der Waals surface area contributed by atoms with Crippen LogP contribution >= 0.6 is 0 Å². The number of hydrogen-bond donors (Lipinski definition) is 1. The molecule has 0 amide bonds. The monoisotopic (exact) mass is 289 g/mol. The van der Waals surface area contributed by atoms with Gasteiger partial charge in [-0.2, -0.15) is 0 Å². The summed E-state index contributed by atoms with van der Waals surface area (Å²) in [7, 11) is 0. The van der Waals surface area contributed by atoms with Gasteiger partial charge in [-0.15, -0.1) is 0 Å². The van der Waals surface area contributed by atoms with Crippen molar-refractivity contribution in [2.45, 2.75) is 90.0 Å². The molecule has 1 nitrogen and oxygen atoms in total. The van der Waals surface area contributed by atoms with Gasteiger partial charge >= 0.3 is 0 Å². The second-order valence-corrected chi connectivity index (χ2v) is 9.31. The third-order valence-corrected chi connectivity index (χ3v) is 7.37. The Morgan fingerprint density at radius 3 is 2.10 bits per heavy atom. The van der Waals surface area contributed by atoms with Crippen LogP contribution in [0.15, 0.2) is 0 Å². The highest BCUT2D eigenvalue weighted by molar-refractivity contribution is 5.02. The van der Waals surface area contributed by atoms with Crippen molar-refractivity contribution in [2.24, 2.45) is 29.1 Å². The van der Waals surface area contributed by atoms with Crippen LogP contribution in [0.5, 0.6) is 0 Å². The largest absolute Gasteiger partial charge is 0.314 e. The van der Waals surface area contributed by atoms with E-state index in [0.29, 0.717) is 0 Å². The molecule has 5 saturated carbocycles. The predicted molar refractivity (Wildman–Crippen MR) is 89.3 cm³/mol. The van der Waals surface area contributed by atoms with Gasteiger partial charge in [-0.25, -0.2) is 0 Å². The van der Waals surface area contributed by atoms with Gasteiger partial charge in [-0.05, 0) is 93.4 Å². The van der Waals surface area contributed by atoms with Crippen LogP contribution in [-0.2, 0) is 0 Å². The van der Waals surface area contributed by atoms with Gasteiger partial charge in [0.05, 0.1) is 0 Å². The zero-order valence-corrected chi connectivity index (χ0v) is 14.1. The molecule has 1 heteroatoms. The lowest BCUT2D eigenvalue weighted by Gasteiger charge is -2.58. The normalized spacial score (nSPS) is 43.0. The van der Waals surface area contributed by atoms with E-state index in [1.54, 1.807) is 38.5 Å². The van der Waals surface area contributed by atoms with Crippen LogP contribution in [0.25, 0.3) is 0 Å². The molecule has 0 saturated heterocycles. The third kappa shape index (κ3) is 3.05. The maximum atomic E-state index is 3.94. The molecule has 0 heterocycles. The van der Waals surface area contributed by atoms with Gasteiger partial charge in [-0.1, -0.05) is 26.2 Å². The topological polar surface area (TPSA) is 12.0 Å². The fourth-order valence-electron chi connectivity index (χ4n) is 6.78. The first-order valence-electron chi connectivity index (χ1n) is 9.98. The summed E-state index contributed by atoms with van der Waals surface area (Å²) in [6.45, 7) is 3.56. The Morgan fingerprint density at radius 1 is 1.00 bits per heavy atom. The smallest absolute Gasteiger partial charge is 0.00749 e. The summed E-state index contributed by atoms with van der Waals surface area (Å²) >= 11 is 0. The van der Waals surface area contributed by atoms with Crippen molar-refractivity contribution in [2.75, 3.05) is 6.54 Å². The highest BCUT2D eigenvalue weighted by Gasteiger charge is 2.51. The molecule has 5 aliphatic carbocycles. The molecule has 5 fully saturated rings. The SMILES string of the molecule is CCCNC(CC1CCC1)CC12CC3CC(CC(C3)C1)C2. The van der Waals surface area contributed by atoms with Gasteiger partial charge in [0, 0.05) is 6.04 Å². The van der Waals surface area contributed by atoms with Crippen molar-refractivity contribution in [1.82, 2.24) is 5.32 Å². The van der Waals surface area contributed by atoms with Crippen LogP contribution in [-0.4, -0.2) is 12.6 Å². The molecule has 0 radical (unpaired) electrons. The Hall–Kier alpha value is -0.0400. The van der Waals surface area contributed by atoms with E-state index in [1.807, 2.05) is 0 Å². The molecule has 4 bridgehead atoms. The molecule has 21 heavy (non-hydrogen) atoms. The molecule has 0 spiro atoms. The number of hydrogen-bond acceptors (Lipinski definition) is 1. The molecule has 5 aliphatic rings. The van der Waals surface area contributed by atoms with E-state index in [1.165, 1.54) is 45.1 Å². The molecule has 0 aliphatic heterocycles. The summed E-state index contributed by atoms with van der Waals surface area (Å²) in [6, 6.07) is 0.839. The van der Waals surface area contributed by atoms with Crippen molar-refractivity contribution in [3.63, 3.8) is 0 Å². The Bertz CT molecular complexity index is 322. The summed E-state index contributed by atoms with van der Waals surface area (Å²) in [4.78, 5) is 0. The van der Waals surface area contributed by atoms with Crippen LogP contribution in [0.2, 0.25) is 0 Å². The van der Waals surface area contributed by atoms with Crippen LogP contribution in [0, 0.1) is 29.1 Å². The van der Waals surface area contributed by atoms with Gasteiger partial charge in [0.25, 0.3) is 0 Å². The lowest BCUT2D eigenvalue weighted by molar-refractivity contribution is -0.0634. The van der Waals surface area contributed by atoms with Crippen molar-refractivity contribution in [3.05, 3.63) is 0 Å². The van der Waals surface area contributed by atoms with E-state index >= 15 is 0 Å². The maximum absolute atomic E-state index is 3.94. The van der Waals surface area contributed by atoms with Gasteiger partial charge < -0.3 is 5.32 Å². The van der Waals surface area contributed by atoms with Crippen molar-refractivity contribution in [1.29, 1.82) is 0 Å². The van der Waals surface area contributed by atoms with Gasteiger partial charge in [0.1, 0.15) is 0 Å². The van der Waals surface area contributed by atoms with E-state index in [-0.39, 0.29) is 0 Å². The number of rotatable bonds is 7. The molecule has 5 rings (SSSR count). The summed E-state index contributed by atoms with van der Waals surface area (Å²) in [6.07, 6.45) is 18.4. The quantitative estimate of drug-likeness (QED) is 0.683. The van der Waals surface area contributed by atoms with Crippen LogP contribution in [0.3, 0.4) is 0 Å². The summed E-state index contributed by atoms with van der Waals surface area (Å²) in [5.74, 6) is 4.42. The van der Waals surface area contributed by atoms with E-state index in [0.717, 1.165) is 35.1 Å². The first-order chi connectivity index (χ1) is 10.2. The van der Waals surface area contributed by atoms with E-state index < -0.39 is 0 Å². The molecule has 1 atom stereocenters. The minimum Gasteiger partial charge on any atom is -0.314 e. The summed E-state index contributed by atoms with van der Waals surface area (Å²) in [5.41, 5.74) is 0.768. The summed E-state index contributed by atoms with van der Waals surface area (Å²) < 4.78 is 0. The Morgan fingerprint density at radius 2 is 1.62 bits per heavy atom. The molecular weight excluding hydrogens is 254 g/mol. The molecular formula is C20H35N. The average molecular weight is 290 g/mol. The second-order valence-electron chi connectivity index (χ2n) is 9.31. The molecule has 0 aromatic heterocycles. The maximum Gasteiger partial charge on any atom is 0.00749 e. The standard InChI is InChI=1S/C20H35N/c1-2-6-21-19(10-15-4-3-5-15)14-20-11-16-7-17(12-20)9-18(8-16)13-20/h15-19,21H,2-14H2,1H3. The van der Waals surface area contributed by atoms with E-state index in [9.17, 15) is 0 Å². The fraction of sp³-hybridized carbons (Fsp3) is 1.00. The second kappa shape index (κ2) is 5.87. The van der Waals surface area contributed by atoms with E-state index in [2.05, 4.69) is 12.2 Å². The molecule has 120 valence electrons. The van der Waals surface area contributed by atoms with Gasteiger partial charge in [0.2, 0.25) is 0 Å². The number of nitrogens with one attached hydrogen (secondary N) is 1. The van der Waals surface area contributed by atoms with Crippen LogP contribution in [0.4, 0.5) is 0 Å². The van der Waals surface area contributed by atoms with Crippen molar-refractivity contribution < 1.29 is 0 Å². The zero-order valence-electron chi connectivity index (χ0n) is 14.1. The minimum atomic E-state index is 0.768. The lowest BCUT2D eigenvalue weighted by Crippen LogP contribution is -2.49. The fourth-order valence-corrected chi connectivity index (χ4v) is 6.78. The van der Waals surface area contributed by atoms with Crippen LogP contribution < -0.4 is 5.32 Å². The van der Waals surface area contributed by atoms with Gasteiger partial charge in [-0.3, -0.25) is 0 Å². The Kier molecular flexibility index (Phi) is 4.07. The lowest BCUT2D eigenvalue weighted by atomic mass is 9.48. The highest BCUT2D eigenvalue weighted by Crippen LogP contribution is 2.61. The van der Waals surface area contributed by atoms with Gasteiger partial charge in [0.15, 0.2) is 0 Å². The Labute approximate surface area is 131 Å². The molecule has 1 unspecified atom stereocenters. The van der Waals surface area contributed by atoms with Crippen molar-refractivity contribution in [3.8, 4) is 0 Å². The zero-order chi connectivity index (χ0) is 14.3. The van der Waals surface area contributed by atoms with Crippen LogP contribution in [0.1, 0.15) is 84.0 Å². The highest BCUT2D eigenvalue weighted by atomic mass is 14.9. The average Bonchev–Trinajstić information content (AvgIpc) is 2.38. The molecule has 0 aromatic rings. The predicted octanol–water partition coefficient (Wildman–Crippen LogP) is 5.15.